The number of hydrogen-bond acceptors (Lipinski definition) is 7. The van der Waals surface area contributed by atoms with Crippen LogP contribution >= 0.6 is 11.6 Å². The van der Waals surface area contributed by atoms with E-state index < -0.39 is 5.60 Å². The number of rotatable bonds is 6. The molecule has 7 nitrogen and oxygen atoms in total. The molecule has 0 spiro atoms. The average molecular weight is 289 g/mol. The van der Waals surface area contributed by atoms with Gasteiger partial charge in [-0.2, -0.15) is 15.0 Å². The van der Waals surface area contributed by atoms with Crippen molar-refractivity contribution in [2.75, 3.05) is 31.7 Å². The van der Waals surface area contributed by atoms with Crippen LogP contribution in [0.5, 0.6) is 6.01 Å². The summed E-state index contributed by atoms with van der Waals surface area (Å²) in [6.45, 7) is 3.65. The minimum Gasteiger partial charge on any atom is -0.463 e. The molecule has 1 aromatic heterocycles. The van der Waals surface area contributed by atoms with E-state index in [1.807, 2.05) is 6.92 Å². The lowest BCUT2D eigenvalue weighted by atomic mass is 10.0. The fourth-order valence-corrected chi connectivity index (χ4v) is 1.80. The first-order valence-electron chi connectivity index (χ1n) is 6.20. The monoisotopic (exact) mass is 288 g/mol. The van der Waals surface area contributed by atoms with E-state index in [0.717, 1.165) is 6.42 Å². The third-order valence-corrected chi connectivity index (χ3v) is 2.85. The van der Waals surface area contributed by atoms with Gasteiger partial charge >= 0.3 is 6.01 Å². The SMILES string of the molecule is CCCOc1nc(Cl)nc(NCC2(O)CCOC2)n1. The number of hydrogen-bond donors (Lipinski definition) is 2. The Morgan fingerprint density at radius 2 is 2.32 bits per heavy atom. The first-order chi connectivity index (χ1) is 9.11. The molecule has 0 bridgehead atoms. The highest BCUT2D eigenvalue weighted by atomic mass is 35.5. The number of ether oxygens (including phenoxy) is 2. The van der Waals surface area contributed by atoms with Gasteiger partial charge in [0.2, 0.25) is 11.2 Å². The maximum absolute atomic E-state index is 10.1. The van der Waals surface area contributed by atoms with E-state index in [-0.39, 0.29) is 17.2 Å². The summed E-state index contributed by atoms with van der Waals surface area (Å²) in [5.74, 6) is 0.284. The van der Waals surface area contributed by atoms with Crippen molar-refractivity contribution in [2.45, 2.75) is 25.4 Å². The fourth-order valence-electron chi connectivity index (χ4n) is 1.65. The van der Waals surface area contributed by atoms with Crippen LogP contribution in [0, 0.1) is 0 Å². The van der Waals surface area contributed by atoms with Crippen LogP contribution in [0.25, 0.3) is 0 Å². The molecule has 2 N–H and O–H groups in total. The van der Waals surface area contributed by atoms with Crippen LogP contribution in [0.3, 0.4) is 0 Å². The zero-order valence-corrected chi connectivity index (χ0v) is 11.5. The van der Waals surface area contributed by atoms with Gasteiger partial charge in [0.15, 0.2) is 0 Å². The predicted molar refractivity (Wildman–Crippen MR) is 69.5 cm³/mol. The summed E-state index contributed by atoms with van der Waals surface area (Å²) in [5, 5.41) is 13.1. The van der Waals surface area contributed by atoms with Gasteiger partial charge in [-0.15, -0.1) is 0 Å². The highest BCUT2D eigenvalue weighted by molar-refractivity contribution is 6.28. The maximum atomic E-state index is 10.1. The molecule has 2 heterocycles. The molecule has 8 heteroatoms. The minimum absolute atomic E-state index is 0.0539. The lowest BCUT2D eigenvalue weighted by Crippen LogP contribution is -2.37. The Balaban J connectivity index is 1.97. The van der Waals surface area contributed by atoms with Gasteiger partial charge in [-0.1, -0.05) is 6.92 Å². The molecule has 1 atom stereocenters. The van der Waals surface area contributed by atoms with Crippen molar-refractivity contribution < 1.29 is 14.6 Å². The molecule has 0 aromatic carbocycles. The minimum atomic E-state index is -0.885. The summed E-state index contributed by atoms with van der Waals surface area (Å²) in [6, 6.07) is 0.180. The predicted octanol–water partition coefficient (Wildman–Crippen LogP) is 0.877. The number of nitrogens with one attached hydrogen (secondary N) is 1. The molecule has 1 aromatic rings. The van der Waals surface area contributed by atoms with Gasteiger partial charge in [-0.25, -0.2) is 0 Å². The van der Waals surface area contributed by atoms with Gasteiger partial charge in [0, 0.05) is 19.6 Å². The number of nitrogens with zero attached hydrogens (tertiary/aromatic N) is 3. The Bertz CT molecular complexity index is 426. The molecule has 0 aliphatic carbocycles. The first-order valence-corrected chi connectivity index (χ1v) is 6.57. The van der Waals surface area contributed by atoms with E-state index in [1.165, 1.54) is 0 Å². The summed E-state index contributed by atoms with van der Waals surface area (Å²) in [4.78, 5) is 11.9. The van der Waals surface area contributed by atoms with Gasteiger partial charge in [-0.3, -0.25) is 0 Å². The highest BCUT2D eigenvalue weighted by Crippen LogP contribution is 2.19. The Labute approximate surface area is 116 Å². The van der Waals surface area contributed by atoms with E-state index >= 15 is 0 Å². The molecule has 0 amide bonds. The molecule has 0 radical (unpaired) electrons. The summed E-state index contributed by atoms with van der Waals surface area (Å²) in [6.07, 6.45) is 1.43. The van der Waals surface area contributed by atoms with Crippen LogP contribution < -0.4 is 10.1 Å². The van der Waals surface area contributed by atoms with Crippen LogP contribution in [0.15, 0.2) is 0 Å². The second kappa shape index (κ2) is 6.31. The summed E-state index contributed by atoms with van der Waals surface area (Å²) in [7, 11) is 0. The molecule has 1 aliphatic rings. The summed E-state index contributed by atoms with van der Waals surface area (Å²) >= 11 is 5.79. The van der Waals surface area contributed by atoms with Crippen LogP contribution in [-0.4, -0.2) is 52.0 Å². The van der Waals surface area contributed by atoms with Gasteiger partial charge in [0.1, 0.15) is 5.60 Å². The lowest BCUT2D eigenvalue weighted by molar-refractivity contribution is 0.0380. The Kier molecular flexibility index (Phi) is 4.73. The van der Waals surface area contributed by atoms with Crippen molar-refractivity contribution in [3.05, 3.63) is 5.28 Å². The maximum Gasteiger partial charge on any atom is 0.322 e. The summed E-state index contributed by atoms with van der Waals surface area (Å²) < 4.78 is 10.5. The van der Waals surface area contributed by atoms with Crippen LogP contribution in [0.2, 0.25) is 5.28 Å². The molecule has 19 heavy (non-hydrogen) atoms. The van der Waals surface area contributed by atoms with E-state index in [2.05, 4.69) is 20.3 Å². The van der Waals surface area contributed by atoms with Gasteiger partial charge in [-0.05, 0) is 18.0 Å². The molecule has 0 saturated carbocycles. The smallest absolute Gasteiger partial charge is 0.322 e. The van der Waals surface area contributed by atoms with Crippen LogP contribution in [0.4, 0.5) is 5.95 Å². The van der Waals surface area contributed by atoms with Gasteiger partial charge < -0.3 is 19.9 Å². The van der Waals surface area contributed by atoms with Crippen molar-refractivity contribution >= 4 is 17.5 Å². The van der Waals surface area contributed by atoms with Gasteiger partial charge in [0.25, 0.3) is 0 Å². The summed E-state index contributed by atoms with van der Waals surface area (Å²) in [5.41, 5.74) is -0.885. The second-order valence-electron chi connectivity index (χ2n) is 4.44. The van der Waals surface area contributed by atoms with E-state index in [1.54, 1.807) is 0 Å². The number of aliphatic hydroxyl groups is 1. The highest BCUT2D eigenvalue weighted by Gasteiger charge is 2.32. The number of halogens is 1. The molecule has 1 fully saturated rings. The van der Waals surface area contributed by atoms with Crippen LogP contribution in [0.1, 0.15) is 19.8 Å². The van der Waals surface area contributed by atoms with Gasteiger partial charge in [0.05, 0.1) is 13.2 Å². The molecule has 106 valence electrons. The van der Waals surface area contributed by atoms with E-state index in [0.29, 0.717) is 32.8 Å². The lowest BCUT2D eigenvalue weighted by Gasteiger charge is -2.20. The zero-order chi connectivity index (χ0) is 13.7. The largest absolute Gasteiger partial charge is 0.463 e. The normalized spacial score (nSPS) is 22.5. The van der Waals surface area contributed by atoms with Crippen molar-refractivity contribution in [3.8, 4) is 6.01 Å². The van der Waals surface area contributed by atoms with Crippen molar-refractivity contribution in [1.82, 2.24) is 15.0 Å². The number of anilines is 1. The Morgan fingerprint density at radius 3 is 3.00 bits per heavy atom. The topological polar surface area (TPSA) is 89.4 Å². The van der Waals surface area contributed by atoms with Crippen molar-refractivity contribution in [1.29, 1.82) is 0 Å². The molecule has 1 saturated heterocycles. The molecule has 1 unspecified atom stereocenters. The molecular weight excluding hydrogens is 272 g/mol. The van der Waals surface area contributed by atoms with Crippen molar-refractivity contribution in [3.63, 3.8) is 0 Å². The van der Waals surface area contributed by atoms with E-state index in [4.69, 9.17) is 21.1 Å². The average Bonchev–Trinajstić information content (AvgIpc) is 2.81. The Hall–Kier alpha value is -1.18. The fraction of sp³-hybridized carbons (Fsp3) is 0.727. The van der Waals surface area contributed by atoms with Crippen molar-refractivity contribution in [2.24, 2.45) is 0 Å². The van der Waals surface area contributed by atoms with E-state index in [9.17, 15) is 5.11 Å². The zero-order valence-electron chi connectivity index (χ0n) is 10.7. The molecule has 2 rings (SSSR count). The Morgan fingerprint density at radius 1 is 1.47 bits per heavy atom. The third-order valence-electron chi connectivity index (χ3n) is 2.68. The first kappa shape index (κ1) is 14.2. The molecule has 1 aliphatic heterocycles. The number of aromatic nitrogens is 3. The second-order valence-corrected chi connectivity index (χ2v) is 4.78. The standard InChI is InChI=1S/C11H17ClN4O3/c1-2-4-19-10-15-8(12)14-9(16-10)13-6-11(17)3-5-18-7-11/h17H,2-7H2,1H3,(H,13,14,15,16). The molecular formula is C11H17ClN4O3. The third kappa shape index (κ3) is 4.15. The van der Waals surface area contributed by atoms with Crippen LogP contribution in [-0.2, 0) is 4.74 Å². The quantitative estimate of drug-likeness (QED) is 0.803.